The Kier molecular flexibility index (Phi) is 2.36. The van der Waals surface area contributed by atoms with Crippen LogP contribution in [0.4, 0.5) is 0 Å². The fraction of sp³-hybridized carbons (Fsp3) is 0.500. The van der Waals surface area contributed by atoms with E-state index in [1.807, 2.05) is 0 Å². The van der Waals surface area contributed by atoms with Gasteiger partial charge >= 0.3 is 0 Å². The lowest BCUT2D eigenvalue weighted by atomic mass is 10.0. The summed E-state index contributed by atoms with van der Waals surface area (Å²) in [6.45, 7) is 2.51. The summed E-state index contributed by atoms with van der Waals surface area (Å²) < 4.78 is 0. The normalized spacial score (nSPS) is 20.3. The third kappa shape index (κ3) is 1.61. The molecule has 0 radical (unpaired) electrons. The van der Waals surface area contributed by atoms with Gasteiger partial charge in [0, 0.05) is 6.61 Å². The predicted molar refractivity (Wildman–Crippen MR) is 53.8 cm³/mol. The largest absolute Gasteiger partial charge is 0.396 e. The summed E-state index contributed by atoms with van der Waals surface area (Å²) in [5.41, 5.74) is 4.44. The third-order valence-electron chi connectivity index (χ3n) is 3.05. The molecule has 0 heterocycles. The van der Waals surface area contributed by atoms with Crippen molar-refractivity contribution in [3.63, 3.8) is 0 Å². The molecule has 0 spiro atoms. The second-order valence-electron chi connectivity index (χ2n) is 4.00. The van der Waals surface area contributed by atoms with Crippen molar-refractivity contribution in [3.05, 3.63) is 34.9 Å². The van der Waals surface area contributed by atoms with Gasteiger partial charge in [0.15, 0.2) is 0 Å². The first-order valence-corrected chi connectivity index (χ1v) is 4.99. The van der Waals surface area contributed by atoms with E-state index in [1.54, 1.807) is 0 Å². The maximum absolute atomic E-state index is 8.87. The number of hydrogen-bond donors (Lipinski definition) is 1. The van der Waals surface area contributed by atoms with E-state index in [0.717, 1.165) is 12.8 Å². The molecule has 1 N–H and O–H groups in total. The van der Waals surface area contributed by atoms with Crippen molar-refractivity contribution < 1.29 is 5.11 Å². The molecule has 1 nitrogen and oxygen atoms in total. The van der Waals surface area contributed by atoms with E-state index in [2.05, 4.69) is 25.1 Å². The summed E-state index contributed by atoms with van der Waals surface area (Å²) in [6, 6.07) is 6.54. The molecule has 0 bridgehead atoms. The molecule has 0 amide bonds. The maximum Gasteiger partial charge on any atom is 0.0433 e. The standard InChI is InChI=1S/C12H16O/c1-9-3-2-4-11-7-10(5-6-13)8-12(9)11/h2-4,10,13H,5-8H2,1H3. The molecule has 1 aliphatic carbocycles. The first-order chi connectivity index (χ1) is 6.31. The average molecular weight is 176 g/mol. The number of aliphatic hydroxyl groups is 1. The highest BCUT2D eigenvalue weighted by Crippen LogP contribution is 2.30. The van der Waals surface area contributed by atoms with Crippen LogP contribution in [0.15, 0.2) is 18.2 Å². The van der Waals surface area contributed by atoms with Crippen LogP contribution < -0.4 is 0 Å². The first kappa shape index (κ1) is 8.76. The van der Waals surface area contributed by atoms with Crippen molar-refractivity contribution in [2.45, 2.75) is 26.2 Å². The Morgan fingerprint density at radius 3 is 2.92 bits per heavy atom. The highest BCUT2D eigenvalue weighted by molar-refractivity contribution is 5.38. The summed E-state index contributed by atoms with van der Waals surface area (Å²) >= 11 is 0. The molecule has 0 saturated heterocycles. The molecule has 0 saturated carbocycles. The Bertz CT molecular complexity index is 304. The first-order valence-electron chi connectivity index (χ1n) is 4.99. The zero-order valence-electron chi connectivity index (χ0n) is 8.09. The van der Waals surface area contributed by atoms with Gasteiger partial charge in [-0.3, -0.25) is 0 Å². The zero-order valence-corrected chi connectivity index (χ0v) is 8.09. The fourth-order valence-electron chi connectivity index (χ4n) is 2.30. The lowest BCUT2D eigenvalue weighted by Gasteiger charge is -2.04. The van der Waals surface area contributed by atoms with Gasteiger partial charge < -0.3 is 5.11 Å². The van der Waals surface area contributed by atoms with Crippen LogP contribution in [0.5, 0.6) is 0 Å². The summed E-state index contributed by atoms with van der Waals surface area (Å²) in [7, 11) is 0. The number of hydrogen-bond acceptors (Lipinski definition) is 1. The molecule has 0 aromatic heterocycles. The molecule has 1 heteroatoms. The lowest BCUT2D eigenvalue weighted by molar-refractivity contribution is 0.259. The molecule has 0 aliphatic heterocycles. The van der Waals surface area contributed by atoms with Crippen LogP contribution in [-0.4, -0.2) is 11.7 Å². The number of aliphatic hydroxyl groups excluding tert-OH is 1. The van der Waals surface area contributed by atoms with E-state index in [1.165, 1.54) is 23.1 Å². The van der Waals surface area contributed by atoms with Crippen molar-refractivity contribution in [3.8, 4) is 0 Å². The molecule has 0 fully saturated rings. The Morgan fingerprint density at radius 1 is 1.38 bits per heavy atom. The van der Waals surface area contributed by atoms with Gasteiger partial charge in [0.05, 0.1) is 0 Å². The highest BCUT2D eigenvalue weighted by atomic mass is 16.3. The minimum Gasteiger partial charge on any atom is -0.396 e. The third-order valence-corrected chi connectivity index (χ3v) is 3.05. The van der Waals surface area contributed by atoms with Crippen LogP contribution in [0.1, 0.15) is 23.1 Å². The molecule has 1 aliphatic rings. The lowest BCUT2D eigenvalue weighted by Crippen LogP contribution is -2.01. The topological polar surface area (TPSA) is 20.2 Å². The van der Waals surface area contributed by atoms with E-state index in [-0.39, 0.29) is 0 Å². The second kappa shape index (κ2) is 3.51. The molecule has 70 valence electrons. The Labute approximate surface area is 79.4 Å². The SMILES string of the molecule is Cc1cccc2c1CC(CCO)C2. The van der Waals surface area contributed by atoms with Crippen LogP contribution >= 0.6 is 0 Å². The van der Waals surface area contributed by atoms with Gasteiger partial charge in [0.2, 0.25) is 0 Å². The van der Waals surface area contributed by atoms with E-state index in [9.17, 15) is 0 Å². The fourth-order valence-corrected chi connectivity index (χ4v) is 2.30. The van der Waals surface area contributed by atoms with Crippen LogP contribution in [0.2, 0.25) is 0 Å². The smallest absolute Gasteiger partial charge is 0.0433 e. The van der Waals surface area contributed by atoms with E-state index in [0.29, 0.717) is 12.5 Å². The van der Waals surface area contributed by atoms with Gasteiger partial charge in [-0.2, -0.15) is 0 Å². The van der Waals surface area contributed by atoms with Crippen molar-refractivity contribution >= 4 is 0 Å². The van der Waals surface area contributed by atoms with Crippen LogP contribution in [0, 0.1) is 12.8 Å². The zero-order chi connectivity index (χ0) is 9.26. The summed E-state index contributed by atoms with van der Waals surface area (Å²) in [5.74, 6) is 0.682. The second-order valence-corrected chi connectivity index (χ2v) is 4.00. The highest BCUT2D eigenvalue weighted by Gasteiger charge is 2.21. The number of aryl methyl sites for hydroxylation is 1. The Hall–Kier alpha value is -0.820. The average Bonchev–Trinajstić information content (AvgIpc) is 2.49. The Morgan fingerprint density at radius 2 is 2.23 bits per heavy atom. The van der Waals surface area contributed by atoms with Gasteiger partial charge in [-0.15, -0.1) is 0 Å². The van der Waals surface area contributed by atoms with E-state index < -0.39 is 0 Å². The van der Waals surface area contributed by atoms with Crippen molar-refractivity contribution in [1.82, 2.24) is 0 Å². The molecular weight excluding hydrogens is 160 g/mol. The predicted octanol–water partition coefficient (Wildman–Crippen LogP) is 2.09. The molecular formula is C12H16O. The molecule has 2 rings (SSSR count). The van der Waals surface area contributed by atoms with Gasteiger partial charge in [0.1, 0.15) is 0 Å². The van der Waals surface area contributed by atoms with Gasteiger partial charge in [-0.05, 0) is 48.8 Å². The molecule has 13 heavy (non-hydrogen) atoms. The summed E-state index contributed by atoms with van der Waals surface area (Å²) in [6.07, 6.45) is 3.29. The molecule has 1 aromatic carbocycles. The van der Waals surface area contributed by atoms with Crippen LogP contribution in [-0.2, 0) is 12.8 Å². The molecule has 1 aromatic rings. The van der Waals surface area contributed by atoms with Crippen LogP contribution in [0.25, 0.3) is 0 Å². The number of benzene rings is 1. The Balaban J connectivity index is 2.20. The quantitative estimate of drug-likeness (QED) is 0.731. The summed E-state index contributed by atoms with van der Waals surface area (Å²) in [4.78, 5) is 0. The number of rotatable bonds is 2. The minimum absolute atomic E-state index is 0.331. The number of fused-ring (bicyclic) bond motifs is 1. The van der Waals surface area contributed by atoms with Crippen molar-refractivity contribution in [1.29, 1.82) is 0 Å². The van der Waals surface area contributed by atoms with Crippen LogP contribution in [0.3, 0.4) is 0 Å². The monoisotopic (exact) mass is 176 g/mol. The minimum atomic E-state index is 0.331. The molecule has 1 unspecified atom stereocenters. The maximum atomic E-state index is 8.87. The van der Waals surface area contributed by atoms with Crippen molar-refractivity contribution in [2.75, 3.05) is 6.61 Å². The van der Waals surface area contributed by atoms with E-state index >= 15 is 0 Å². The summed E-state index contributed by atoms with van der Waals surface area (Å²) in [5, 5.41) is 8.87. The van der Waals surface area contributed by atoms with Crippen molar-refractivity contribution in [2.24, 2.45) is 5.92 Å². The van der Waals surface area contributed by atoms with Gasteiger partial charge in [0.25, 0.3) is 0 Å². The van der Waals surface area contributed by atoms with Gasteiger partial charge in [-0.25, -0.2) is 0 Å². The van der Waals surface area contributed by atoms with Gasteiger partial charge in [-0.1, -0.05) is 18.2 Å². The molecule has 1 atom stereocenters. The van der Waals surface area contributed by atoms with E-state index in [4.69, 9.17) is 5.11 Å².